The summed E-state index contributed by atoms with van der Waals surface area (Å²) < 4.78 is 0. The van der Waals surface area contributed by atoms with E-state index in [1.54, 1.807) is 12.4 Å². The maximum atomic E-state index is 9.81. The zero-order valence-electron chi connectivity index (χ0n) is 17.2. The Morgan fingerprint density at radius 2 is 2.27 bits per heavy atom. The predicted octanol–water partition coefficient (Wildman–Crippen LogP) is 4.35. The Morgan fingerprint density at radius 1 is 1.37 bits per heavy atom. The summed E-state index contributed by atoms with van der Waals surface area (Å²) in [6.07, 6.45) is 12.1. The number of benzene rings is 1. The van der Waals surface area contributed by atoms with Crippen LogP contribution in [0.4, 0.5) is 11.4 Å². The van der Waals surface area contributed by atoms with Gasteiger partial charge in [-0.1, -0.05) is 12.2 Å². The average Bonchev–Trinajstić information content (AvgIpc) is 3.23. The number of likely N-dealkylation sites (tertiary alicyclic amines) is 1. The first-order chi connectivity index (χ1) is 14.7. The van der Waals surface area contributed by atoms with Crippen molar-refractivity contribution in [2.75, 3.05) is 25.0 Å². The van der Waals surface area contributed by atoms with E-state index < -0.39 is 0 Å². The van der Waals surface area contributed by atoms with E-state index in [1.807, 2.05) is 24.4 Å². The number of nitrogens with zero attached hydrogens (tertiary/aromatic N) is 3. The van der Waals surface area contributed by atoms with Crippen LogP contribution in [0.3, 0.4) is 0 Å². The molecule has 1 aliphatic rings. The van der Waals surface area contributed by atoms with Crippen molar-refractivity contribution < 1.29 is 5.11 Å². The molecule has 154 valence electrons. The summed E-state index contributed by atoms with van der Waals surface area (Å²) in [6, 6.07) is 8.39. The monoisotopic (exact) mass is 401 g/mol. The molecular weight excluding hydrogens is 374 g/mol. The number of piperidine rings is 1. The molecule has 0 unspecified atom stereocenters. The summed E-state index contributed by atoms with van der Waals surface area (Å²) in [5.74, 6) is 0. The molecule has 0 aliphatic carbocycles. The summed E-state index contributed by atoms with van der Waals surface area (Å²) in [5, 5.41) is 24.0. The van der Waals surface area contributed by atoms with E-state index >= 15 is 0 Å². The number of hydrogen-bond donors (Lipinski definition) is 3. The van der Waals surface area contributed by atoms with Gasteiger partial charge in [0.05, 0.1) is 17.4 Å². The highest BCUT2D eigenvalue weighted by Crippen LogP contribution is 2.30. The normalized spacial score (nSPS) is 17.4. The van der Waals surface area contributed by atoms with Crippen LogP contribution < -0.4 is 5.32 Å². The lowest BCUT2D eigenvalue weighted by Gasteiger charge is -2.29. The molecule has 0 spiro atoms. The number of aromatic nitrogens is 2. The van der Waals surface area contributed by atoms with E-state index in [0.29, 0.717) is 5.56 Å². The Morgan fingerprint density at radius 3 is 3.10 bits per heavy atom. The van der Waals surface area contributed by atoms with Crippen LogP contribution in [0.2, 0.25) is 0 Å². The lowest BCUT2D eigenvalue weighted by atomic mass is 10.1. The van der Waals surface area contributed by atoms with Crippen LogP contribution in [0, 0.1) is 18.3 Å². The fourth-order valence-electron chi connectivity index (χ4n) is 4.08. The fraction of sp³-hybridized carbons (Fsp3) is 0.333. The molecule has 1 saturated heterocycles. The second-order valence-electron chi connectivity index (χ2n) is 7.85. The van der Waals surface area contributed by atoms with Crippen molar-refractivity contribution in [3.63, 3.8) is 0 Å². The molecule has 1 aliphatic heterocycles. The molecule has 0 saturated carbocycles. The molecule has 2 aromatic heterocycles. The smallest absolute Gasteiger partial charge is 0.103 e. The molecule has 0 radical (unpaired) electrons. The van der Waals surface area contributed by atoms with Gasteiger partial charge in [-0.2, -0.15) is 5.26 Å². The molecule has 4 rings (SSSR count). The molecule has 1 aromatic carbocycles. The summed E-state index contributed by atoms with van der Waals surface area (Å²) in [4.78, 5) is 9.77. The minimum atomic E-state index is -0.198. The van der Waals surface area contributed by atoms with Gasteiger partial charge in [-0.25, -0.2) is 0 Å². The Bertz CT molecular complexity index is 1090. The van der Waals surface area contributed by atoms with Gasteiger partial charge >= 0.3 is 0 Å². The first-order valence-corrected chi connectivity index (χ1v) is 10.4. The molecule has 1 fully saturated rings. The van der Waals surface area contributed by atoms with Crippen molar-refractivity contribution in [1.29, 1.82) is 5.26 Å². The molecule has 3 aromatic rings. The number of pyridine rings is 1. The Kier molecular flexibility index (Phi) is 6.12. The van der Waals surface area contributed by atoms with Crippen molar-refractivity contribution >= 4 is 28.4 Å². The summed E-state index contributed by atoms with van der Waals surface area (Å²) in [6.45, 7) is 4.80. The quantitative estimate of drug-likeness (QED) is 0.572. The van der Waals surface area contributed by atoms with E-state index in [2.05, 4.69) is 45.3 Å². The van der Waals surface area contributed by atoms with Gasteiger partial charge in [-0.15, -0.1) is 0 Å². The number of nitrogens with one attached hydrogen (secondary N) is 2. The van der Waals surface area contributed by atoms with Crippen molar-refractivity contribution in [3.8, 4) is 6.07 Å². The summed E-state index contributed by atoms with van der Waals surface area (Å²) >= 11 is 0. The Hall–Kier alpha value is -3.14. The number of aryl methyl sites for hydroxylation is 1. The van der Waals surface area contributed by atoms with E-state index in [9.17, 15) is 10.4 Å². The van der Waals surface area contributed by atoms with E-state index in [-0.39, 0.29) is 6.10 Å². The number of aliphatic hydroxyl groups is 1. The maximum absolute atomic E-state index is 9.81. The van der Waals surface area contributed by atoms with Crippen LogP contribution in [0.15, 0.2) is 42.9 Å². The number of fused-ring (bicyclic) bond motifs is 1. The molecule has 30 heavy (non-hydrogen) atoms. The second kappa shape index (κ2) is 9.12. The van der Waals surface area contributed by atoms with Crippen molar-refractivity contribution in [2.45, 2.75) is 32.3 Å². The zero-order chi connectivity index (χ0) is 20.9. The van der Waals surface area contributed by atoms with Gasteiger partial charge in [0.2, 0.25) is 0 Å². The largest absolute Gasteiger partial charge is 0.392 e. The van der Waals surface area contributed by atoms with Crippen LogP contribution in [0.1, 0.15) is 36.0 Å². The van der Waals surface area contributed by atoms with Crippen molar-refractivity contribution in [2.24, 2.45) is 0 Å². The van der Waals surface area contributed by atoms with Crippen LogP contribution in [-0.4, -0.2) is 45.7 Å². The third kappa shape index (κ3) is 4.38. The first kappa shape index (κ1) is 20.1. The van der Waals surface area contributed by atoms with Gasteiger partial charge in [0, 0.05) is 53.8 Å². The zero-order valence-corrected chi connectivity index (χ0v) is 17.2. The number of β-amino-alcohol motifs (C(OH)–C–C–N with tert-alkyl or cyclic N) is 1. The molecule has 6 nitrogen and oxygen atoms in total. The van der Waals surface area contributed by atoms with E-state index in [1.165, 1.54) is 0 Å². The van der Waals surface area contributed by atoms with Crippen molar-refractivity contribution in [3.05, 3.63) is 59.6 Å². The van der Waals surface area contributed by atoms with Crippen molar-refractivity contribution in [1.82, 2.24) is 14.9 Å². The van der Waals surface area contributed by atoms with Gasteiger partial charge in [-0.3, -0.25) is 4.98 Å². The van der Waals surface area contributed by atoms with Gasteiger partial charge in [0.1, 0.15) is 6.07 Å². The fourth-order valence-corrected chi connectivity index (χ4v) is 4.08. The predicted molar refractivity (Wildman–Crippen MR) is 121 cm³/mol. The van der Waals surface area contributed by atoms with Crippen LogP contribution >= 0.6 is 0 Å². The molecule has 3 N–H and O–H groups in total. The Labute approximate surface area is 176 Å². The molecular formula is C24H27N5O. The highest BCUT2D eigenvalue weighted by Gasteiger charge is 2.16. The topological polar surface area (TPSA) is 88.0 Å². The lowest BCUT2D eigenvalue weighted by Crippen LogP contribution is -2.38. The second-order valence-corrected chi connectivity index (χ2v) is 7.85. The number of H-pyrrole nitrogens is 1. The molecule has 3 heterocycles. The van der Waals surface area contributed by atoms with E-state index in [0.717, 1.165) is 72.3 Å². The van der Waals surface area contributed by atoms with Gasteiger partial charge in [-0.05, 0) is 56.5 Å². The number of rotatable bonds is 6. The van der Waals surface area contributed by atoms with Gasteiger partial charge < -0.3 is 20.3 Å². The van der Waals surface area contributed by atoms with Gasteiger partial charge in [0.25, 0.3) is 0 Å². The molecule has 1 atom stereocenters. The highest BCUT2D eigenvalue weighted by atomic mass is 16.3. The molecule has 6 heteroatoms. The summed E-state index contributed by atoms with van der Waals surface area (Å²) in [5.41, 5.74) is 5.38. The number of aliphatic hydroxyl groups excluding tert-OH is 1. The minimum Gasteiger partial charge on any atom is -0.392 e. The molecule has 0 amide bonds. The maximum Gasteiger partial charge on any atom is 0.103 e. The minimum absolute atomic E-state index is 0.198. The number of nitriles is 1. The first-order valence-electron chi connectivity index (χ1n) is 10.4. The van der Waals surface area contributed by atoms with E-state index in [4.69, 9.17) is 0 Å². The number of aromatic amines is 1. The number of anilines is 2. The lowest BCUT2D eigenvalue weighted by molar-refractivity contribution is 0.0717. The Balaban J connectivity index is 1.52. The van der Waals surface area contributed by atoms with Crippen LogP contribution in [0.25, 0.3) is 17.0 Å². The summed E-state index contributed by atoms with van der Waals surface area (Å²) in [7, 11) is 0. The standard InChI is InChI=1S/C24H27N5O/c1-17-21-9-10-27-23(21)8-7-22(17)28-24-18(14-26-15-19(24)13-25)5-2-3-11-29-12-4-6-20(30)16-29/h2,5,7-10,14-15,20,27,30H,3-4,6,11-12,16H2,1H3,(H,26,28)/b5-2+/t20-/m0/s1. The van der Waals surface area contributed by atoms with Gasteiger partial charge in [0.15, 0.2) is 0 Å². The SMILES string of the molecule is Cc1c(Nc2c(C#N)cncc2/C=C/CCN2CCC[C@H](O)C2)ccc2[nH]ccc12. The number of hydrogen-bond acceptors (Lipinski definition) is 5. The third-order valence-electron chi connectivity index (χ3n) is 5.75. The third-order valence-corrected chi connectivity index (χ3v) is 5.75. The van der Waals surface area contributed by atoms with Crippen LogP contribution in [-0.2, 0) is 0 Å². The van der Waals surface area contributed by atoms with Crippen LogP contribution in [0.5, 0.6) is 0 Å². The highest BCUT2D eigenvalue weighted by molar-refractivity contribution is 5.89. The average molecular weight is 402 g/mol. The molecule has 0 bridgehead atoms.